The first-order chi connectivity index (χ1) is 67.1. The maximum atomic E-state index is 14.9. The second-order valence-corrected chi connectivity index (χ2v) is 43.1. The maximum Gasteiger partial charge on any atom is 0.481 e. The number of carboxylic acids is 1. The lowest BCUT2D eigenvalue weighted by atomic mass is 9.85. The van der Waals surface area contributed by atoms with E-state index in [0.717, 1.165) is 39.4 Å². The third-order valence-electron chi connectivity index (χ3n) is 25.2. The monoisotopic (exact) mass is 2090 g/mol. The number of nitrogens with one attached hydrogen (secondary N) is 7. The summed E-state index contributed by atoms with van der Waals surface area (Å²) in [5, 5.41) is 50.6. The van der Waals surface area contributed by atoms with Gasteiger partial charge in [-0.2, -0.15) is 4.31 Å². The van der Waals surface area contributed by atoms with Crippen molar-refractivity contribution in [3.05, 3.63) is 90.7 Å². The molecule has 0 spiro atoms. The number of aromatic nitrogens is 4. The molecule has 48 nitrogen and oxygen atoms in total. The molecule has 4 aromatic rings. The smallest absolute Gasteiger partial charge is 0.481 e. The van der Waals surface area contributed by atoms with Crippen molar-refractivity contribution < 1.29 is 148 Å². The lowest BCUT2D eigenvalue weighted by molar-refractivity contribution is -0.148. The summed E-state index contributed by atoms with van der Waals surface area (Å²) in [4.78, 5) is 234. The number of carboxylic acid groups (broad SMARTS) is 1. The van der Waals surface area contributed by atoms with Crippen molar-refractivity contribution in [3.63, 3.8) is 0 Å². The van der Waals surface area contributed by atoms with Gasteiger partial charge in [0.2, 0.25) is 53.2 Å². The molecule has 0 bridgehead atoms. The van der Waals surface area contributed by atoms with Gasteiger partial charge in [-0.3, -0.25) is 80.7 Å². The number of phosphoric ester groups is 3. The number of thioether (sulfide) groups is 1. The van der Waals surface area contributed by atoms with Crippen LogP contribution in [-0.2, 0) is 116 Å². The van der Waals surface area contributed by atoms with Crippen molar-refractivity contribution in [1.29, 1.82) is 0 Å². The van der Waals surface area contributed by atoms with Gasteiger partial charge >= 0.3 is 41.6 Å². The molecule has 3 fully saturated rings. The lowest BCUT2D eigenvalue weighted by Crippen LogP contribution is -2.60. The number of ether oxygens (including phenoxy) is 4. The fourth-order valence-corrected chi connectivity index (χ4v) is 21.0. The normalized spacial score (nSPS) is 19.9. The van der Waals surface area contributed by atoms with Gasteiger partial charge in [0.15, 0.2) is 17.7 Å². The van der Waals surface area contributed by atoms with Crippen LogP contribution in [0.15, 0.2) is 79.5 Å². The van der Waals surface area contributed by atoms with E-state index in [0.29, 0.717) is 68.4 Å². The average Bonchev–Trinajstić information content (AvgIpc) is 1.61. The number of benzene rings is 2. The van der Waals surface area contributed by atoms with Gasteiger partial charge in [0.25, 0.3) is 0 Å². The van der Waals surface area contributed by atoms with Gasteiger partial charge in [-0.1, -0.05) is 138 Å². The molecule has 2 aromatic heterocycles. The molecule has 0 radical (unpaired) electrons. The number of imidazole rings is 1. The summed E-state index contributed by atoms with van der Waals surface area (Å²) in [6.45, 7) is 20.7. The zero-order chi connectivity index (χ0) is 106. The molecule has 12 amide bonds. The molecule has 2 aromatic carbocycles. The van der Waals surface area contributed by atoms with Gasteiger partial charge in [-0.15, -0.1) is 11.8 Å². The Morgan fingerprint density at radius 2 is 1.42 bits per heavy atom. The standard InChI is InChI=1S/C91H142N17O31P3S/c1-17-54(8)74(64(132-15)44-68(111)106-40-25-30-62(106)76(133-16)56(10)63(109)43-59(88(121)122)42-57-27-21-18-22-28-57)104(13)86(120)71(52(4)5)103-83(117)73(53(6)7)105(14)90(124)134-46-58-31-33-60(34-32-58)101-81(115)61(29-24-36-96-89(93)123)102-82(116)70(51(2)3)100-55(9)26-20-19-23-39-107-69(112)45-66(85(107)119)143-41-38-94-67(110)35-37-95-84(118)78(114)91(11,12)48-136-142(130,131)139-141(128,129)135-47-65-77(138-140(125,126)127)75(113)87(137-65)108-50-99-72-79(92)97-49-98-80(72)108/h18,21-22,27-28,31-34,49-54,56,59,61-62,64-66,70-71,73-78,87,100,113-114H,9,17,19-20,23-26,29-30,35-48H2,1-8,10-16H3,(H,94,110)(H,95,118)(H,101,115)(H,102,116)(H,103,117)(H,121,122)(H,128,129)(H,130,131)(H2,92,97,98)(H3,93,96,123)(H2,125,126,127)/t54-,56-,59+,61-,62-,64+,65-,66?,70-,71-,73-,74-,75-,76+,77-,78-,87-/m0/s1. The number of hydrogen-bond donors (Lipinski definition) is 16. The first-order valence-corrected chi connectivity index (χ1v) is 52.9. The molecule has 18 N–H and O–H groups in total. The quantitative estimate of drug-likeness (QED) is 0.0156. The number of amides is 12. The number of aliphatic hydroxyl groups is 2. The molecular formula is C91H142N17O31P3S. The molecule has 798 valence electrons. The first-order valence-electron chi connectivity index (χ1n) is 47.3. The third-order valence-corrected chi connectivity index (χ3v) is 29.5. The summed E-state index contributed by atoms with van der Waals surface area (Å²) >= 11 is 1.16. The van der Waals surface area contributed by atoms with E-state index in [1.165, 1.54) is 44.9 Å². The summed E-state index contributed by atoms with van der Waals surface area (Å²) in [6.07, 6.45) is -6.13. The minimum Gasteiger partial charge on any atom is -0.481 e. The Morgan fingerprint density at radius 3 is 2.04 bits per heavy atom. The van der Waals surface area contributed by atoms with E-state index in [-0.39, 0.29) is 130 Å². The second kappa shape index (κ2) is 55.5. The average molecular weight is 2100 g/mol. The summed E-state index contributed by atoms with van der Waals surface area (Å²) in [5.41, 5.74) is 11.6. The van der Waals surface area contributed by atoms with Gasteiger partial charge in [-0.05, 0) is 98.3 Å². The number of aliphatic hydroxyl groups excluding tert-OH is 2. The number of phosphoric acid groups is 3. The van der Waals surface area contributed by atoms with E-state index >= 15 is 0 Å². The van der Waals surface area contributed by atoms with Crippen LogP contribution in [0.2, 0.25) is 0 Å². The number of Topliss-reactive ketones (excluding diaryl/α,β-unsaturated/α-hetero) is 1. The number of anilines is 2. The number of allylic oxidation sites excluding steroid dienone is 1. The van der Waals surface area contributed by atoms with E-state index in [9.17, 15) is 111 Å². The molecule has 3 saturated heterocycles. The number of primary amides is 1. The number of fused-ring (bicyclic) bond motifs is 1. The number of nitrogens with zero attached hydrogens (tertiary/aromatic N) is 8. The van der Waals surface area contributed by atoms with Crippen molar-refractivity contribution >= 4 is 135 Å². The van der Waals surface area contributed by atoms with E-state index in [1.54, 1.807) is 84.7 Å². The Balaban J connectivity index is 0.807. The topological polar surface area (TPSA) is 681 Å². The first kappa shape index (κ1) is 120. The van der Waals surface area contributed by atoms with Crippen molar-refractivity contribution in [2.24, 2.45) is 46.7 Å². The van der Waals surface area contributed by atoms with Gasteiger partial charge < -0.3 is 112 Å². The van der Waals surface area contributed by atoms with Gasteiger partial charge in [0.1, 0.15) is 72.8 Å². The number of methoxy groups -OCH3 is 2. The van der Waals surface area contributed by atoms with E-state index in [1.807, 2.05) is 44.2 Å². The predicted octanol–water partition coefficient (Wildman–Crippen LogP) is 5.08. The fraction of sp³-hybridized carbons (Fsp3) is 0.648. The van der Waals surface area contributed by atoms with Crippen LogP contribution >= 0.6 is 35.2 Å². The third kappa shape index (κ3) is 35.7. The SMILES string of the molecule is C=C(CCCCCN1C(=O)CC(SCCNC(=O)CCNC(=O)[C@H](O)C(C)(C)COP(=O)(O)OP(=O)(O)OC[C@@H]2O[C@H](n3cnc4c(N)ncnc43)[C@@H](O)[C@H]2OP(=O)(O)O)C1=O)N[C@H](C(=O)N[C@@H](CCCNC(N)=O)C(=O)Nc1ccc(COC(=O)N(C)[C@H](C(=O)N[C@H](C(=O)N(C)[C@@H]([C@@H](C)CC)[C@@H](CC(=O)N2CCC[C@H]2[C@H](OC)[C@@H](C)C(=O)C[C@@H](Cc2ccccc2)C(=O)O)OC)C(C)C)C(C)C)cc1)C(C)C. The van der Waals surface area contributed by atoms with E-state index in [4.69, 9.17) is 39.5 Å². The summed E-state index contributed by atoms with van der Waals surface area (Å²) in [5.74, 6) is -9.33. The van der Waals surface area contributed by atoms with Crippen LogP contribution in [0.25, 0.3) is 11.2 Å². The number of hydrogen-bond acceptors (Lipinski definition) is 32. The number of rotatable bonds is 61. The van der Waals surface area contributed by atoms with Crippen LogP contribution in [-0.4, -0.2) is 309 Å². The van der Waals surface area contributed by atoms with Crippen LogP contribution in [0.1, 0.15) is 177 Å². The largest absolute Gasteiger partial charge is 0.481 e. The molecule has 3 aliphatic rings. The number of urea groups is 1. The minimum absolute atomic E-state index is 0.00365. The Kier molecular flexibility index (Phi) is 46.5. The van der Waals surface area contributed by atoms with E-state index < -0.39 is 210 Å². The molecular weight excluding hydrogens is 1950 g/mol. The summed E-state index contributed by atoms with van der Waals surface area (Å²) in [6, 6.07) is 9.17. The number of aliphatic carboxylic acids is 1. The van der Waals surface area contributed by atoms with Crippen molar-refractivity contribution in [2.45, 2.75) is 257 Å². The number of likely N-dealkylation sites (N-methyl/N-ethyl adjacent to an activating group) is 2. The Labute approximate surface area is 835 Å². The predicted molar refractivity (Wildman–Crippen MR) is 521 cm³/mol. The fourth-order valence-electron chi connectivity index (χ4n) is 17.1. The van der Waals surface area contributed by atoms with Crippen LogP contribution in [0.3, 0.4) is 0 Å². The highest BCUT2D eigenvalue weighted by atomic mass is 32.2. The Hall–Kier alpha value is -10.0. The zero-order valence-corrected chi connectivity index (χ0v) is 86.8. The number of nitrogen functional groups attached to an aromatic ring is 1. The Morgan fingerprint density at radius 1 is 0.748 bits per heavy atom. The highest BCUT2D eigenvalue weighted by molar-refractivity contribution is 8.00. The second-order valence-electron chi connectivity index (χ2n) is 37.5. The minimum atomic E-state index is -5.67. The molecule has 0 saturated carbocycles. The van der Waals surface area contributed by atoms with Crippen molar-refractivity contribution in [3.8, 4) is 0 Å². The maximum absolute atomic E-state index is 14.9. The summed E-state index contributed by atoms with van der Waals surface area (Å²) in [7, 11) is -10.7. The molecule has 3 aliphatic heterocycles. The number of ketones is 1. The number of likely N-dealkylation sites (tertiary alicyclic amines) is 2. The molecule has 3 unspecified atom stereocenters. The highest BCUT2D eigenvalue weighted by Crippen LogP contribution is 2.61. The number of carbonyl (C=O) groups is 13. The number of nitrogens with two attached hydrogens (primary N) is 2. The van der Waals surface area contributed by atoms with Crippen LogP contribution in [0.5, 0.6) is 0 Å². The lowest BCUT2D eigenvalue weighted by Gasteiger charge is -2.41. The number of unbranched alkanes of at least 4 members (excludes halogenated alkanes) is 2. The van der Waals surface area contributed by atoms with E-state index in [2.05, 4.69) is 67.6 Å². The van der Waals surface area contributed by atoms with Gasteiger partial charge in [0.05, 0.1) is 61.4 Å². The number of carbonyl (C=O) groups excluding carboxylic acids is 12. The Bertz CT molecular complexity index is 5160. The molecule has 19 atom stereocenters. The molecule has 0 aliphatic carbocycles. The zero-order valence-electron chi connectivity index (χ0n) is 83.3. The van der Waals surface area contributed by atoms with Crippen molar-refractivity contribution in [2.75, 3.05) is 91.1 Å². The highest BCUT2D eigenvalue weighted by Gasteiger charge is 2.52. The van der Waals surface area contributed by atoms with Crippen molar-refractivity contribution in [1.82, 2.24) is 71.0 Å². The molecule has 52 heteroatoms. The van der Waals surface area contributed by atoms with Gasteiger partial charge in [-0.25, -0.2) is 38.2 Å². The molecule has 7 rings (SSSR count). The van der Waals surface area contributed by atoms with Crippen LogP contribution in [0, 0.1) is 40.9 Å². The molecule has 143 heavy (non-hydrogen) atoms. The van der Waals surface area contributed by atoms with Crippen LogP contribution in [0.4, 0.5) is 21.1 Å². The number of imide groups is 1. The van der Waals surface area contributed by atoms with Crippen LogP contribution < -0.4 is 48.7 Å². The molecule has 5 heterocycles. The summed E-state index contributed by atoms with van der Waals surface area (Å²) < 4.78 is 80.9. The van der Waals surface area contributed by atoms with Gasteiger partial charge in [0, 0.05) is 109 Å².